The number of amides is 1. The van der Waals surface area contributed by atoms with E-state index in [1.807, 2.05) is 0 Å². The Kier molecular flexibility index (Phi) is 6.52. The van der Waals surface area contributed by atoms with Gasteiger partial charge in [0.25, 0.3) is 5.91 Å². The molecule has 5 nitrogen and oxygen atoms in total. The van der Waals surface area contributed by atoms with Gasteiger partial charge in [0, 0.05) is 18.2 Å². The molecule has 2 aromatic carbocycles. The molecule has 1 fully saturated rings. The second-order valence-electron chi connectivity index (χ2n) is 7.49. The van der Waals surface area contributed by atoms with Crippen molar-refractivity contribution in [3.8, 4) is 11.5 Å². The maximum absolute atomic E-state index is 13.1. The van der Waals surface area contributed by atoms with Gasteiger partial charge < -0.3 is 20.3 Å². The number of ether oxygens (including phenoxy) is 1. The third-order valence-corrected chi connectivity index (χ3v) is 5.33. The Bertz CT molecular complexity index is 785. The molecule has 1 amide bonds. The van der Waals surface area contributed by atoms with Crippen LogP contribution < -0.4 is 10.1 Å². The molecule has 3 rings (SSSR count). The van der Waals surface area contributed by atoms with Crippen LogP contribution in [0.1, 0.15) is 42.5 Å². The molecule has 6 heteroatoms. The average molecular weight is 387 g/mol. The highest BCUT2D eigenvalue weighted by Crippen LogP contribution is 2.33. The van der Waals surface area contributed by atoms with Crippen molar-refractivity contribution in [1.82, 2.24) is 5.32 Å². The van der Waals surface area contributed by atoms with Gasteiger partial charge in [-0.2, -0.15) is 0 Å². The van der Waals surface area contributed by atoms with Gasteiger partial charge in [0.2, 0.25) is 0 Å². The maximum Gasteiger partial charge on any atom is 0.251 e. The van der Waals surface area contributed by atoms with Gasteiger partial charge in [0.15, 0.2) is 0 Å². The van der Waals surface area contributed by atoms with Crippen LogP contribution >= 0.6 is 0 Å². The fraction of sp³-hybridized carbons (Fsp3) is 0.409. The van der Waals surface area contributed by atoms with Gasteiger partial charge in [-0.05, 0) is 74.4 Å². The fourth-order valence-corrected chi connectivity index (χ4v) is 3.54. The highest BCUT2D eigenvalue weighted by atomic mass is 19.1. The molecule has 3 N–H and O–H groups in total. The molecule has 150 valence electrons. The number of aliphatic hydroxyl groups is 1. The zero-order valence-electron chi connectivity index (χ0n) is 15.7. The SMILES string of the molecule is O=C(NC[C@]1(O)CC[C@@H](CCOc2cccc(F)c2)CC1)c1ccc(O)cc1. The van der Waals surface area contributed by atoms with E-state index in [1.54, 1.807) is 24.3 Å². The smallest absolute Gasteiger partial charge is 0.251 e. The molecule has 0 aromatic heterocycles. The molecule has 2 aromatic rings. The zero-order valence-corrected chi connectivity index (χ0v) is 15.7. The Morgan fingerprint density at radius 3 is 2.57 bits per heavy atom. The predicted molar refractivity (Wildman–Crippen MR) is 104 cm³/mol. The topological polar surface area (TPSA) is 78.8 Å². The highest BCUT2D eigenvalue weighted by Gasteiger charge is 2.33. The van der Waals surface area contributed by atoms with E-state index in [0.717, 1.165) is 19.3 Å². The highest BCUT2D eigenvalue weighted by molar-refractivity contribution is 5.94. The first-order chi connectivity index (χ1) is 13.4. The summed E-state index contributed by atoms with van der Waals surface area (Å²) in [6.07, 6.45) is 3.81. The van der Waals surface area contributed by atoms with Crippen LogP contribution in [0.5, 0.6) is 11.5 Å². The summed E-state index contributed by atoms with van der Waals surface area (Å²) >= 11 is 0. The number of halogens is 1. The molecule has 0 unspecified atom stereocenters. The number of carbonyl (C=O) groups is 1. The number of hydrogen-bond donors (Lipinski definition) is 3. The van der Waals surface area contributed by atoms with Gasteiger partial charge in [-0.1, -0.05) is 6.07 Å². The number of carbonyl (C=O) groups excluding carboxylic acids is 1. The minimum absolute atomic E-state index is 0.106. The lowest BCUT2D eigenvalue weighted by molar-refractivity contribution is -0.00977. The first-order valence-corrected chi connectivity index (χ1v) is 9.61. The standard InChI is InChI=1S/C22H26FNO4/c23-18-2-1-3-20(14-18)28-13-10-16-8-11-22(27,12-9-16)15-24-21(26)17-4-6-19(25)7-5-17/h1-7,14,16,25,27H,8-13,15H2,(H,24,26)/t16-,22+. The summed E-state index contributed by atoms with van der Waals surface area (Å²) in [4.78, 5) is 12.2. The molecule has 1 aliphatic rings. The van der Waals surface area contributed by atoms with Crippen molar-refractivity contribution in [3.05, 3.63) is 59.9 Å². The largest absolute Gasteiger partial charge is 0.508 e. The summed E-state index contributed by atoms with van der Waals surface area (Å²) in [6.45, 7) is 0.726. The third-order valence-electron chi connectivity index (χ3n) is 5.33. The number of phenolic OH excluding ortho intramolecular Hbond substituents is 1. The number of phenols is 1. The van der Waals surface area contributed by atoms with Crippen LogP contribution in [0.3, 0.4) is 0 Å². The Labute approximate surface area is 164 Å². The fourth-order valence-electron chi connectivity index (χ4n) is 3.54. The van der Waals surface area contributed by atoms with Crippen LogP contribution in [0, 0.1) is 11.7 Å². The van der Waals surface area contributed by atoms with Crippen molar-refractivity contribution in [3.63, 3.8) is 0 Å². The monoisotopic (exact) mass is 387 g/mol. The second-order valence-corrected chi connectivity index (χ2v) is 7.49. The van der Waals surface area contributed by atoms with E-state index in [2.05, 4.69) is 5.32 Å². The Morgan fingerprint density at radius 1 is 1.18 bits per heavy atom. The van der Waals surface area contributed by atoms with Crippen LogP contribution in [0.4, 0.5) is 4.39 Å². The van der Waals surface area contributed by atoms with Crippen LogP contribution in [-0.4, -0.2) is 34.9 Å². The zero-order chi connectivity index (χ0) is 20.0. The lowest BCUT2D eigenvalue weighted by atomic mass is 9.77. The summed E-state index contributed by atoms with van der Waals surface area (Å²) in [6, 6.07) is 12.1. The van der Waals surface area contributed by atoms with Crippen molar-refractivity contribution in [2.45, 2.75) is 37.7 Å². The first-order valence-electron chi connectivity index (χ1n) is 9.61. The van der Waals surface area contributed by atoms with Gasteiger partial charge in [-0.15, -0.1) is 0 Å². The van der Waals surface area contributed by atoms with E-state index in [1.165, 1.54) is 24.3 Å². The normalized spacial score (nSPS) is 21.9. The molecule has 0 aliphatic heterocycles. The summed E-state index contributed by atoms with van der Waals surface area (Å²) in [5.74, 6) is 0.509. The maximum atomic E-state index is 13.1. The van der Waals surface area contributed by atoms with E-state index in [-0.39, 0.29) is 24.0 Å². The van der Waals surface area contributed by atoms with Crippen LogP contribution in [-0.2, 0) is 0 Å². The average Bonchev–Trinajstić information content (AvgIpc) is 2.69. The number of hydrogen-bond acceptors (Lipinski definition) is 4. The molecule has 28 heavy (non-hydrogen) atoms. The lowest BCUT2D eigenvalue weighted by Crippen LogP contribution is -2.45. The van der Waals surface area contributed by atoms with Gasteiger partial charge in [-0.25, -0.2) is 4.39 Å². The minimum atomic E-state index is -0.896. The van der Waals surface area contributed by atoms with Gasteiger partial charge in [0.1, 0.15) is 17.3 Å². The van der Waals surface area contributed by atoms with E-state index >= 15 is 0 Å². The lowest BCUT2D eigenvalue weighted by Gasteiger charge is -2.36. The van der Waals surface area contributed by atoms with Crippen LogP contribution in [0.25, 0.3) is 0 Å². The van der Waals surface area contributed by atoms with Crippen LogP contribution in [0.15, 0.2) is 48.5 Å². The van der Waals surface area contributed by atoms with Crippen molar-refractivity contribution in [1.29, 1.82) is 0 Å². The van der Waals surface area contributed by atoms with Gasteiger partial charge in [0.05, 0.1) is 12.2 Å². The first kappa shape index (κ1) is 20.1. The summed E-state index contributed by atoms with van der Waals surface area (Å²) in [5, 5.41) is 22.8. The van der Waals surface area contributed by atoms with E-state index < -0.39 is 5.60 Å². The predicted octanol–water partition coefficient (Wildman–Crippen LogP) is 3.65. The molecule has 1 saturated carbocycles. The molecule has 0 heterocycles. The van der Waals surface area contributed by atoms with E-state index in [4.69, 9.17) is 4.74 Å². The van der Waals surface area contributed by atoms with Crippen molar-refractivity contribution < 1.29 is 24.1 Å². The molecule has 0 radical (unpaired) electrons. The minimum Gasteiger partial charge on any atom is -0.508 e. The molecule has 0 atom stereocenters. The molecule has 0 saturated heterocycles. The van der Waals surface area contributed by atoms with Crippen LogP contribution in [0.2, 0.25) is 0 Å². The molecule has 0 spiro atoms. The third kappa shape index (κ3) is 5.70. The Hall–Kier alpha value is -2.60. The van der Waals surface area contributed by atoms with E-state index in [9.17, 15) is 19.4 Å². The summed E-state index contributed by atoms with van der Waals surface area (Å²) in [5.41, 5.74) is -0.448. The number of nitrogens with one attached hydrogen (secondary N) is 1. The number of benzene rings is 2. The Balaban J connectivity index is 1.38. The van der Waals surface area contributed by atoms with Crippen molar-refractivity contribution >= 4 is 5.91 Å². The van der Waals surface area contributed by atoms with Crippen molar-refractivity contribution in [2.24, 2.45) is 5.92 Å². The number of rotatable bonds is 7. The van der Waals surface area contributed by atoms with E-state index in [0.29, 0.717) is 36.7 Å². The summed E-state index contributed by atoms with van der Waals surface area (Å²) < 4.78 is 18.7. The quantitative estimate of drug-likeness (QED) is 0.678. The van der Waals surface area contributed by atoms with Gasteiger partial charge >= 0.3 is 0 Å². The summed E-state index contributed by atoms with van der Waals surface area (Å²) in [7, 11) is 0. The Morgan fingerprint density at radius 2 is 1.89 bits per heavy atom. The molecular formula is C22H26FNO4. The van der Waals surface area contributed by atoms with Crippen molar-refractivity contribution in [2.75, 3.05) is 13.2 Å². The molecule has 0 bridgehead atoms. The molecular weight excluding hydrogens is 361 g/mol. The second kappa shape index (κ2) is 9.06. The molecule has 1 aliphatic carbocycles. The number of aromatic hydroxyl groups is 1. The van der Waals surface area contributed by atoms with Gasteiger partial charge in [-0.3, -0.25) is 4.79 Å².